The molecule has 1 aromatic carbocycles. The number of benzene rings is 1. The Morgan fingerprint density at radius 3 is 2.81 bits per heavy atom. The van der Waals surface area contributed by atoms with Gasteiger partial charge in [-0.25, -0.2) is 4.79 Å². The number of nitrogens with one attached hydrogen (secondary N) is 1. The normalized spacial score (nSPS) is 18.4. The number of ether oxygens (including phenoxy) is 1. The molecule has 112 valence electrons. The molecule has 0 aliphatic heterocycles. The summed E-state index contributed by atoms with van der Waals surface area (Å²) < 4.78 is 5.23. The van der Waals surface area contributed by atoms with Crippen molar-refractivity contribution in [3.63, 3.8) is 0 Å². The summed E-state index contributed by atoms with van der Waals surface area (Å²) in [4.78, 5) is 34.8. The summed E-state index contributed by atoms with van der Waals surface area (Å²) in [6, 6.07) is 7.10. The molecule has 21 heavy (non-hydrogen) atoms. The van der Waals surface area contributed by atoms with Crippen molar-refractivity contribution in [3.05, 3.63) is 29.8 Å². The molecular formula is C16H19NO4. The predicted molar refractivity (Wildman–Crippen MR) is 78.2 cm³/mol. The zero-order valence-electron chi connectivity index (χ0n) is 12.1. The number of carbonyl (C=O) groups excluding carboxylic acids is 3. The molecule has 5 nitrogen and oxygen atoms in total. The second-order valence-corrected chi connectivity index (χ2v) is 5.14. The monoisotopic (exact) mass is 289 g/mol. The van der Waals surface area contributed by atoms with E-state index in [9.17, 15) is 14.4 Å². The smallest absolute Gasteiger partial charge is 0.340 e. The summed E-state index contributed by atoms with van der Waals surface area (Å²) in [5.41, 5.74) is 1.19. The molecule has 1 N–H and O–H groups in total. The Morgan fingerprint density at radius 1 is 1.33 bits per heavy atom. The number of ketones is 2. The van der Waals surface area contributed by atoms with Crippen LogP contribution in [0.4, 0.5) is 5.69 Å². The third-order valence-corrected chi connectivity index (χ3v) is 3.71. The lowest BCUT2D eigenvalue weighted by molar-refractivity contribution is -0.133. The number of anilines is 1. The first-order chi connectivity index (χ1) is 10.1. The summed E-state index contributed by atoms with van der Waals surface area (Å²) >= 11 is 0. The Kier molecular flexibility index (Phi) is 5.09. The summed E-state index contributed by atoms with van der Waals surface area (Å²) in [5, 5.41) is 2.94. The maximum Gasteiger partial charge on any atom is 0.340 e. The Labute approximate surface area is 123 Å². The van der Waals surface area contributed by atoms with Gasteiger partial charge in [0.25, 0.3) is 0 Å². The third kappa shape index (κ3) is 3.90. The fourth-order valence-electron chi connectivity index (χ4n) is 2.48. The molecule has 1 fully saturated rings. The lowest BCUT2D eigenvalue weighted by Gasteiger charge is -2.19. The van der Waals surface area contributed by atoms with Crippen molar-refractivity contribution >= 4 is 23.2 Å². The van der Waals surface area contributed by atoms with Crippen LogP contribution in [0.2, 0.25) is 0 Å². The summed E-state index contributed by atoms with van der Waals surface area (Å²) in [7, 11) is 1.74. The van der Waals surface area contributed by atoms with Crippen molar-refractivity contribution in [2.45, 2.75) is 25.7 Å². The van der Waals surface area contributed by atoms with Gasteiger partial charge in [-0.3, -0.25) is 9.59 Å². The number of carbonyl (C=O) groups is 3. The standard InChI is InChI=1S/C16H19NO4/c1-17-14-5-3-2-4-13(14)16(20)21-9-8-11-6-7-12(18)10-15(11)19/h2-5,11,17H,6-10H2,1H3. The Hall–Kier alpha value is -2.17. The quantitative estimate of drug-likeness (QED) is 0.664. The van der Waals surface area contributed by atoms with Gasteiger partial charge in [0.1, 0.15) is 11.6 Å². The topological polar surface area (TPSA) is 72.5 Å². The number of hydrogen-bond acceptors (Lipinski definition) is 5. The zero-order valence-corrected chi connectivity index (χ0v) is 12.1. The van der Waals surface area contributed by atoms with Crippen LogP contribution in [0.15, 0.2) is 24.3 Å². The van der Waals surface area contributed by atoms with Crippen LogP contribution in [0.3, 0.4) is 0 Å². The minimum Gasteiger partial charge on any atom is -0.462 e. The van der Waals surface area contributed by atoms with Crippen LogP contribution in [0.25, 0.3) is 0 Å². The molecule has 0 bridgehead atoms. The van der Waals surface area contributed by atoms with Crippen LogP contribution in [0.5, 0.6) is 0 Å². The second kappa shape index (κ2) is 7.02. The van der Waals surface area contributed by atoms with Crippen molar-refractivity contribution in [1.29, 1.82) is 0 Å². The van der Waals surface area contributed by atoms with Crippen LogP contribution in [-0.2, 0) is 14.3 Å². The van der Waals surface area contributed by atoms with Crippen molar-refractivity contribution in [2.24, 2.45) is 5.92 Å². The molecular weight excluding hydrogens is 270 g/mol. The van der Waals surface area contributed by atoms with Crippen LogP contribution in [-0.4, -0.2) is 31.2 Å². The maximum atomic E-state index is 12.0. The summed E-state index contributed by atoms with van der Waals surface area (Å²) in [6.45, 7) is 0.196. The predicted octanol–water partition coefficient (Wildman–Crippen LogP) is 2.21. The molecule has 1 aliphatic rings. The number of para-hydroxylation sites is 1. The minimum atomic E-state index is -0.403. The van der Waals surface area contributed by atoms with Crippen LogP contribution in [0.1, 0.15) is 36.0 Å². The fraction of sp³-hybridized carbons (Fsp3) is 0.438. The molecule has 2 rings (SSSR count). The average molecular weight is 289 g/mol. The van der Waals surface area contributed by atoms with Gasteiger partial charge in [0.05, 0.1) is 18.6 Å². The van der Waals surface area contributed by atoms with E-state index in [4.69, 9.17) is 4.74 Å². The average Bonchev–Trinajstić information content (AvgIpc) is 2.49. The van der Waals surface area contributed by atoms with Crippen molar-refractivity contribution in [3.8, 4) is 0 Å². The van der Waals surface area contributed by atoms with Crippen LogP contribution < -0.4 is 5.32 Å². The fourth-order valence-corrected chi connectivity index (χ4v) is 2.48. The molecule has 1 atom stereocenters. The van der Waals surface area contributed by atoms with E-state index in [2.05, 4.69) is 5.32 Å². The first-order valence-electron chi connectivity index (χ1n) is 7.10. The van der Waals surface area contributed by atoms with E-state index in [1.54, 1.807) is 25.2 Å². The molecule has 0 amide bonds. The van der Waals surface area contributed by atoms with Gasteiger partial charge in [0.15, 0.2) is 0 Å². The Bertz CT molecular complexity index is 553. The largest absolute Gasteiger partial charge is 0.462 e. The Morgan fingerprint density at radius 2 is 2.10 bits per heavy atom. The van der Waals surface area contributed by atoms with Crippen molar-refractivity contribution in [2.75, 3.05) is 19.0 Å². The van der Waals surface area contributed by atoms with Gasteiger partial charge >= 0.3 is 5.97 Å². The molecule has 0 saturated heterocycles. The Balaban J connectivity index is 1.84. The first kappa shape index (κ1) is 15.2. The van der Waals surface area contributed by atoms with Crippen LogP contribution in [0, 0.1) is 5.92 Å². The molecule has 0 spiro atoms. The molecule has 0 radical (unpaired) electrons. The van der Waals surface area contributed by atoms with E-state index in [0.29, 0.717) is 30.5 Å². The molecule has 1 saturated carbocycles. The lowest BCUT2D eigenvalue weighted by Crippen LogP contribution is -2.26. The lowest BCUT2D eigenvalue weighted by atomic mass is 9.85. The van der Waals surface area contributed by atoms with Gasteiger partial charge in [-0.1, -0.05) is 12.1 Å². The molecule has 1 unspecified atom stereocenters. The van der Waals surface area contributed by atoms with Crippen molar-refractivity contribution in [1.82, 2.24) is 0 Å². The number of esters is 1. The van der Waals surface area contributed by atoms with E-state index in [-0.39, 0.29) is 30.5 Å². The second-order valence-electron chi connectivity index (χ2n) is 5.14. The molecule has 0 aromatic heterocycles. The summed E-state index contributed by atoms with van der Waals surface area (Å²) in [5.74, 6) is -0.580. The van der Waals surface area contributed by atoms with E-state index in [0.717, 1.165) is 0 Å². The van der Waals surface area contributed by atoms with E-state index in [1.165, 1.54) is 0 Å². The van der Waals surface area contributed by atoms with Gasteiger partial charge in [0.2, 0.25) is 0 Å². The highest BCUT2D eigenvalue weighted by molar-refractivity contribution is 6.02. The number of Topliss-reactive ketones (excluding diaryl/α,β-unsaturated/α-hetero) is 2. The highest BCUT2D eigenvalue weighted by Gasteiger charge is 2.27. The zero-order chi connectivity index (χ0) is 15.2. The molecule has 1 aromatic rings. The number of rotatable bonds is 5. The molecule has 0 heterocycles. The first-order valence-corrected chi connectivity index (χ1v) is 7.10. The minimum absolute atomic E-state index is 0.0104. The van der Waals surface area contributed by atoms with E-state index < -0.39 is 5.97 Å². The van der Waals surface area contributed by atoms with Gasteiger partial charge in [-0.2, -0.15) is 0 Å². The molecule has 5 heteroatoms. The highest BCUT2D eigenvalue weighted by atomic mass is 16.5. The summed E-state index contributed by atoms with van der Waals surface area (Å²) in [6.07, 6.45) is 1.54. The third-order valence-electron chi connectivity index (χ3n) is 3.71. The van der Waals surface area contributed by atoms with E-state index in [1.807, 2.05) is 6.07 Å². The maximum absolute atomic E-state index is 12.0. The van der Waals surface area contributed by atoms with Gasteiger partial charge in [0, 0.05) is 25.1 Å². The van der Waals surface area contributed by atoms with E-state index >= 15 is 0 Å². The highest BCUT2D eigenvalue weighted by Crippen LogP contribution is 2.22. The van der Waals surface area contributed by atoms with Gasteiger partial charge in [-0.05, 0) is 25.0 Å². The van der Waals surface area contributed by atoms with Crippen molar-refractivity contribution < 1.29 is 19.1 Å². The van der Waals surface area contributed by atoms with Gasteiger partial charge in [-0.15, -0.1) is 0 Å². The van der Waals surface area contributed by atoms with Crippen LogP contribution >= 0.6 is 0 Å². The number of hydrogen-bond donors (Lipinski definition) is 1. The molecule has 1 aliphatic carbocycles. The SMILES string of the molecule is CNc1ccccc1C(=O)OCCC1CCC(=O)CC1=O. The van der Waals surface area contributed by atoms with Gasteiger partial charge < -0.3 is 10.1 Å².